The van der Waals surface area contributed by atoms with Crippen molar-refractivity contribution in [2.24, 2.45) is 23.7 Å². The molecule has 116 valence electrons. The number of carbonyl (C=O) groups excluding carboxylic acids is 2. The van der Waals surface area contributed by atoms with Crippen molar-refractivity contribution in [3.05, 3.63) is 28.2 Å². The maximum absolute atomic E-state index is 12.9. The van der Waals surface area contributed by atoms with Crippen molar-refractivity contribution >= 4 is 72.6 Å². The number of imide groups is 1. The van der Waals surface area contributed by atoms with Crippen LogP contribution in [0.5, 0.6) is 0 Å². The average Bonchev–Trinajstić information content (AvgIpc) is 3.08. The van der Waals surface area contributed by atoms with E-state index in [-0.39, 0.29) is 50.2 Å². The van der Waals surface area contributed by atoms with Gasteiger partial charge in [0.1, 0.15) is 0 Å². The normalized spacial score (nSPS) is 39.7. The zero-order valence-corrected chi connectivity index (χ0v) is 15.9. The van der Waals surface area contributed by atoms with Crippen LogP contribution in [-0.4, -0.2) is 21.5 Å². The van der Waals surface area contributed by atoms with E-state index in [1.54, 1.807) is 18.2 Å². The highest BCUT2D eigenvalue weighted by Crippen LogP contribution is 2.60. The Labute approximate surface area is 154 Å². The van der Waals surface area contributed by atoms with E-state index in [2.05, 4.69) is 31.9 Å². The predicted molar refractivity (Wildman–Crippen MR) is 93.0 cm³/mol. The Morgan fingerprint density at radius 1 is 1.00 bits per heavy atom. The lowest BCUT2D eigenvalue weighted by molar-refractivity contribution is -0.123. The van der Waals surface area contributed by atoms with E-state index >= 15 is 0 Å². The molecule has 3 fully saturated rings. The van der Waals surface area contributed by atoms with Crippen molar-refractivity contribution in [1.82, 2.24) is 0 Å². The van der Waals surface area contributed by atoms with Gasteiger partial charge >= 0.3 is 0 Å². The Bertz CT molecular complexity index is 666. The van der Waals surface area contributed by atoms with Gasteiger partial charge in [-0.25, -0.2) is 4.90 Å². The molecule has 0 radical (unpaired) electrons. The van der Waals surface area contributed by atoms with Crippen LogP contribution in [0.3, 0.4) is 0 Å². The molecule has 2 aliphatic carbocycles. The number of nitrogens with zero attached hydrogens (tertiary/aromatic N) is 1. The molecule has 22 heavy (non-hydrogen) atoms. The van der Waals surface area contributed by atoms with Gasteiger partial charge in [0.2, 0.25) is 11.8 Å². The van der Waals surface area contributed by atoms with E-state index in [0.29, 0.717) is 10.7 Å². The first-order valence-electron chi connectivity index (χ1n) is 7.03. The summed E-state index contributed by atoms with van der Waals surface area (Å²) in [6.07, 6.45) is 0.912. The van der Waals surface area contributed by atoms with Gasteiger partial charge in [0.05, 0.1) is 27.6 Å². The molecular weight excluding hydrogens is 457 g/mol. The number of amides is 2. The second-order valence-corrected chi connectivity index (χ2v) is 8.99. The van der Waals surface area contributed by atoms with Gasteiger partial charge in [-0.2, -0.15) is 0 Å². The van der Waals surface area contributed by atoms with Gasteiger partial charge in [-0.05, 0) is 30.4 Å². The van der Waals surface area contributed by atoms with Gasteiger partial charge in [0, 0.05) is 9.65 Å². The highest BCUT2D eigenvalue weighted by molar-refractivity contribution is 9.12. The summed E-state index contributed by atoms with van der Waals surface area (Å²) in [5.41, 5.74) is 0.398. The Balaban J connectivity index is 1.78. The highest BCUT2D eigenvalue weighted by atomic mass is 79.9. The maximum Gasteiger partial charge on any atom is 0.238 e. The molecule has 0 spiro atoms. The van der Waals surface area contributed by atoms with Crippen LogP contribution in [0, 0.1) is 23.7 Å². The number of benzene rings is 1. The first-order valence-corrected chi connectivity index (χ1v) is 9.62. The molecular formula is C15H11Br2Cl2NO2. The number of alkyl halides is 2. The molecule has 4 rings (SSSR count). The van der Waals surface area contributed by atoms with E-state index in [1.165, 1.54) is 4.90 Å². The van der Waals surface area contributed by atoms with Gasteiger partial charge < -0.3 is 0 Å². The standard InChI is InChI=1S/C15H11Br2Cl2NO2/c16-11-5-4-6(12(11)17)10-9(5)14(21)20(15(10)22)8-3-1-2-7(18)13(8)19/h1-3,5-6,9-12H,4H2/t5-,6-,9-,10-,11-,12+/m0/s1. The van der Waals surface area contributed by atoms with E-state index in [4.69, 9.17) is 23.2 Å². The Morgan fingerprint density at radius 2 is 1.55 bits per heavy atom. The number of halogens is 4. The molecule has 3 aliphatic rings. The van der Waals surface area contributed by atoms with Crippen LogP contribution in [0.25, 0.3) is 0 Å². The van der Waals surface area contributed by atoms with Crippen LogP contribution in [0.4, 0.5) is 5.69 Å². The van der Waals surface area contributed by atoms with Gasteiger partial charge in [-0.3, -0.25) is 9.59 Å². The monoisotopic (exact) mass is 465 g/mol. The van der Waals surface area contributed by atoms with E-state index < -0.39 is 0 Å². The van der Waals surface area contributed by atoms with Crippen molar-refractivity contribution in [1.29, 1.82) is 0 Å². The number of anilines is 1. The molecule has 2 amide bonds. The summed E-state index contributed by atoms with van der Waals surface area (Å²) >= 11 is 19.6. The van der Waals surface area contributed by atoms with Gasteiger partial charge in [0.15, 0.2) is 0 Å². The smallest absolute Gasteiger partial charge is 0.238 e. The zero-order chi connectivity index (χ0) is 15.8. The predicted octanol–water partition coefficient (Wildman–Crippen LogP) is 4.28. The molecule has 3 nitrogen and oxygen atoms in total. The van der Waals surface area contributed by atoms with Crippen LogP contribution in [-0.2, 0) is 9.59 Å². The third-order valence-electron chi connectivity index (χ3n) is 5.16. The molecule has 1 aromatic carbocycles. The minimum Gasteiger partial charge on any atom is -0.274 e. The van der Waals surface area contributed by atoms with Crippen molar-refractivity contribution in [3.8, 4) is 0 Å². The van der Waals surface area contributed by atoms with E-state index in [0.717, 1.165) is 6.42 Å². The molecule has 1 aliphatic heterocycles. The first-order chi connectivity index (χ1) is 10.4. The molecule has 7 heteroatoms. The van der Waals surface area contributed by atoms with Crippen LogP contribution < -0.4 is 4.90 Å². The summed E-state index contributed by atoms with van der Waals surface area (Å²) in [5, 5.41) is 0.598. The van der Waals surface area contributed by atoms with E-state index in [9.17, 15) is 9.59 Å². The topological polar surface area (TPSA) is 37.4 Å². The molecule has 0 aromatic heterocycles. The second kappa shape index (κ2) is 5.20. The minimum absolute atomic E-state index is 0.143. The van der Waals surface area contributed by atoms with Crippen LogP contribution >= 0.6 is 55.1 Å². The lowest BCUT2D eigenvalue weighted by Crippen LogP contribution is -2.37. The average molecular weight is 468 g/mol. The van der Waals surface area contributed by atoms with Crippen LogP contribution in [0.2, 0.25) is 10.0 Å². The fraction of sp³-hybridized carbons (Fsp3) is 0.467. The van der Waals surface area contributed by atoms with Crippen LogP contribution in [0.15, 0.2) is 18.2 Å². The largest absolute Gasteiger partial charge is 0.274 e. The number of carbonyl (C=O) groups is 2. The summed E-state index contributed by atoms with van der Waals surface area (Å²) in [5.74, 6) is -0.389. The fourth-order valence-electron chi connectivity index (χ4n) is 4.25. The summed E-state index contributed by atoms with van der Waals surface area (Å²) in [4.78, 5) is 27.4. The quantitative estimate of drug-likeness (QED) is 0.457. The van der Waals surface area contributed by atoms with Crippen molar-refractivity contribution in [2.45, 2.75) is 16.1 Å². The molecule has 6 atom stereocenters. The zero-order valence-electron chi connectivity index (χ0n) is 11.2. The van der Waals surface area contributed by atoms with Crippen molar-refractivity contribution in [2.75, 3.05) is 4.90 Å². The van der Waals surface area contributed by atoms with Crippen molar-refractivity contribution < 1.29 is 9.59 Å². The molecule has 0 N–H and O–H groups in total. The molecule has 1 aromatic rings. The first kappa shape index (κ1) is 15.4. The molecule has 1 heterocycles. The molecule has 0 unspecified atom stereocenters. The maximum atomic E-state index is 12.9. The number of rotatable bonds is 1. The minimum atomic E-state index is -0.245. The Kier molecular flexibility index (Phi) is 3.65. The lowest BCUT2D eigenvalue weighted by Gasteiger charge is -2.28. The van der Waals surface area contributed by atoms with Gasteiger partial charge in [-0.15, -0.1) is 0 Å². The summed E-state index contributed by atoms with van der Waals surface area (Å²) < 4.78 is 0. The number of hydrogen-bond acceptors (Lipinski definition) is 2. The molecule has 2 bridgehead atoms. The number of fused-ring (bicyclic) bond motifs is 5. The van der Waals surface area contributed by atoms with Crippen LogP contribution in [0.1, 0.15) is 6.42 Å². The van der Waals surface area contributed by atoms with E-state index in [1.807, 2.05) is 0 Å². The highest BCUT2D eigenvalue weighted by Gasteiger charge is 2.66. The SMILES string of the molecule is O=C1[C@H]2[C@@H]3C[C@H]([C@@H](Br)[C@H]3Br)[C@@H]2C(=O)N1c1cccc(Cl)c1Cl. The van der Waals surface area contributed by atoms with Crippen molar-refractivity contribution in [3.63, 3.8) is 0 Å². The summed E-state index contributed by atoms with van der Waals surface area (Å²) in [6, 6.07) is 5.02. The summed E-state index contributed by atoms with van der Waals surface area (Å²) in [7, 11) is 0. The fourth-order valence-corrected chi connectivity index (χ4v) is 6.50. The Hall–Kier alpha value is -0.100. The Morgan fingerprint density at radius 3 is 2.09 bits per heavy atom. The molecule has 1 saturated heterocycles. The van der Waals surface area contributed by atoms with Gasteiger partial charge in [0.25, 0.3) is 0 Å². The third kappa shape index (κ3) is 1.86. The van der Waals surface area contributed by atoms with Gasteiger partial charge in [-0.1, -0.05) is 61.1 Å². The third-order valence-corrected chi connectivity index (χ3v) is 9.17. The second-order valence-electron chi connectivity index (χ2n) is 6.09. The lowest BCUT2D eigenvalue weighted by atomic mass is 9.81. The summed E-state index contributed by atoms with van der Waals surface area (Å²) in [6.45, 7) is 0. The molecule has 2 saturated carbocycles. The number of hydrogen-bond donors (Lipinski definition) is 0.